The third kappa shape index (κ3) is 8.26. The van der Waals surface area contributed by atoms with Gasteiger partial charge in [-0.1, -0.05) is 49.1 Å². The van der Waals surface area contributed by atoms with Gasteiger partial charge in [0.15, 0.2) is 5.57 Å². The second kappa shape index (κ2) is 14.5. The summed E-state index contributed by atoms with van der Waals surface area (Å²) in [5.74, 6) is -0.946. The lowest BCUT2D eigenvalue weighted by Crippen LogP contribution is -2.32. The Bertz CT molecular complexity index is 1540. The molecule has 0 atom stereocenters. The van der Waals surface area contributed by atoms with Crippen molar-refractivity contribution in [3.05, 3.63) is 92.4 Å². The minimum Gasteiger partial charge on any atom is -0.457 e. The molecule has 0 spiro atoms. The largest absolute Gasteiger partial charge is 0.457 e. The van der Waals surface area contributed by atoms with Crippen LogP contribution < -0.4 is 25.4 Å². The minimum atomic E-state index is -0.811. The molecular formula is C29H31N5O4S. The van der Waals surface area contributed by atoms with Crippen molar-refractivity contribution in [3.63, 3.8) is 0 Å². The second-order valence-electron chi connectivity index (χ2n) is 8.59. The van der Waals surface area contributed by atoms with Gasteiger partial charge in [0.05, 0.1) is 6.54 Å². The SMILES string of the molecule is C=CCOC(=O)C(C#N)=c1sc(=CNc2cccc(NC(=O)CN(C)CCc3ccccc3)c2)c(=O)n1CC. The first kappa shape index (κ1) is 29.1. The van der Waals surface area contributed by atoms with Crippen LogP contribution in [0.5, 0.6) is 0 Å². The van der Waals surface area contributed by atoms with Gasteiger partial charge in [-0.3, -0.25) is 19.1 Å². The van der Waals surface area contributed by atoms with E-state index in [2.05, 4.69) is 29.3 Å². The van der Waals surface area contributed by atoms with Crippen LogP contribution >= 0.6 is 11.3 Å². The van der Waals surface area contributed by atoms with E-state index in [0.29, 0.717) is 15.9 Å². The van der Waals surface area contributed by atoms with E-state index in [-0.39, 0.29) is 41.4 Å². The number of carbonyl (C=O) groups is 2. The fourth-order valence-electron chi connectivity index (χ4n) is 3.71. The number of benzene rings is 2. The maximum absolute atomic E-state index is 12.9. The Morgan fingerprint density at radius 2 is 1.92 bits per heavy atom. The predicted octanol–water partition coefficient (Wildman–Crippen LogP) is 2.30. The lowest BCUT2D eigenvalue weighted by atomic mass is 10.1. The summed E-state index contributed by atoms with van der Waals surface area (Å²) >= 11 is 1.02. The molecule has 39 heavy (non-hydrogen) atoms. The Hall–Kier alpha value is -4.46. The van der Waals surface area contributed by atoms with Gasteiger partial charge in [0.1, 0.15) is 21.9 Å². The molecule has 1 aromatic heterocycles. The Morgan fingerprint density at radius 1 is 1.18 bits per heavy atom. The van der Waals surface area contributed by atoms with E-state index in [1.807, 2.05) is 36.2 Å². The predicted molar refractivity (Wildman–Crippen MR) is 154 cm³/mol. The standard InChI is InChI=1S/C29H31N5O4S/c1-4-16-38-29(37)24(18-30)28-34(5-2)27(36)25(39-28)19-31-22-12-9-13-23(17-22)32-26(35)20-33(3)15-14-21-10-7-6-8-11-21/h4,6-13,17,19,31H,1,5,14-16,20H2,2-3H3,(H,32,35). The van der Waals surface area contributed by atoms with E-state index in [9.17, 15) is 19.6 Å². The number of ether oxygens (including phenoxy) is 1. The van der Waals surface area contributed by atoms with Crippen molar-refractivity contribution in [1.82, 2.24) is 9.47 Å². The van der Waals surface area contributed by atoms with Gasteiger partial charge >= 0.3 is 5.97 Å². The van der Waals surface area contributed by atoms with Crippen molar-refractivity contribution in [2.24, 2.45) is 0 Å². The Kier molecular flexibility index (Phi) is 10.8. The molecule has 1 amide bonds. The van der Waals surface area contributed by atoms with Gasteiger partial charge in [0, 0.05) is 30.7 Å². The molecule has 2 N–H and O–H groups in total. The van der Waals surface area contributed by atoms with Crippen LogP contribution in [0, 0.1) is 11.3 Å². The number of carbonyl (C=O) groups excluding carboxylic acids is 2. The second-order valence-corrected chi connectivity index (χ2v) is 9.62. The molecule has 0 aliphatic heterocycles. The molecule has 0 aliphatic rings. The number of rotatable bonds is 12. The lowest BCUT2D eigenvalue weighted by Gasteiger charge is -2.16. The number of nitrogens with one attached hydrogen (secondary N) is 2. The smallest absolute Gasteiger partial charge is 0.352 e. The molecule has 0 unspecified atom stereocenters. The molecule has 9 nitrogen and oxygen atoms in total. The number of amides is 1. The Labute approximate surface area is 231 Å². The lowest BCUT2D eigenvalue weighted by molar-refractivity contribution is -0.135. The number of esters is 1. The number of anilines is 2. The summed E-state index contributed by atoms with van der Waals surface area (Å²) in [5.41, 5.74) is 1.91. The molecule has 0 radical (unpaired) electrons. The monoisotopic (exact) mass is 545 g/mol. The van der Waals surface area contributed by atoms with Crippen LogP contribution in [0.4, 0.5) is 11.4 Å². The van der Waals surface area contributed by atoms with Crippen LogP contribution in [0.2, 0.25) is 0 Å². The van der Waals surface area contributed by atoms with Gasteiger partial charge in [-0.15, -0.1) is 11.3 Å². The molecule has 10 heteroatoms. The summed E-state index contributed by atoms with van der Waals surface area (Å²) in [6.07, 6.45) is 3.77. The normalized spacial score (nSPS) is 12.0. The van der Waals surface area contributed by atoms with Crippen LogP contribution in [0.15, 0.2) is 72.0 Å². The Morgan fingerprint density at radius 3 is 2.62 bits per heavy atom. The van der Waals surface area contributed by atoms with Crippen LogP contribution in [-0.4, -0.2) is 48.1 Å². The number of nitriles is 1. The molecule has 2 aromatic carbocycles. The van der Waals surface area contributed by atoms with Crippen molar-refractivity contribution in [1.29, 1.82) is 5.26 Å². The molecule has 0 bridgehead atoms. The molecule has 0 fully saturated rings. The van der Waals surface area contributed by atoms with Gasteiger partial charge in [-0.2, -0.15) is 5.26 Å². The molecular weight excluding hydrogens is 514 g/mol. The average Bonchev–Trinajstić information content (AvgIpc) is 3.25. The van der Waals surface area contributed by atoms with Gasteiger partial charge in [0.25, 0.3) is 5.56 Å². The molecule has 0 saturated carbocycles. The summed E-state index contributed by atoms with van der Waals surface area (Å²) < 4.78 is 6.89. The highest BCUT2D eigenvalue weighted by molar-refractivity contribution is 7.07. The third-order valence-electron chi connectivity index (χ3n) is 5.64. The van der Waals surface area contributed by atoms with E-state index in [1.54, 1.807) is 31.2 Å². The maximum Gasteiger partial charge on any atom is 0.352 e. The highest BCUT2D eigenvalue weighted by atomic mass is 32.1. The average molecular weight is 546 g/mol. The number of likely N-dealkylation sites (N-methyl/N-ethyl adjacent to an activating group) is 1. The highest BCUT2D eigenvalue weighted by Gasteiger charge is 2.16. The van der Waals surface area contributed by atoms with Crippen LogP contribution in [0.25, 0.3) is 11.8 Å². The first-order valence-electron chi connectivity index (χ1n) is 12.4. The molecule has 0 saturated heterocycles. The van der Waals surface area contributed by atoms with Gasteiger partial charge in [-0.25, -0.2) is 4.79 Å². The van der Waals surface area contributed by atoms with Crippen molar-refractivity contribution < 1.29 is 14.3 Å². The minimum absolute atomic E-state index is 0.0386. The summed E-state index contributed by atoms with van der Waals surface area (Å²) in [5, 5.41) is 15.5. The van der Waals surface area contributed by atoms with Crippen molar-refractivity contribution in [2.45, 2.75) is 19.9 Å². The van der Waals surface area contributed by atoms with Crippen LogP contribution in [-0.2, 0) is 27.3 Å². The summed E-state index contributed by atoms with van der Waals surface area (Å²) in [6, 6.07) is 19.1. The van der Waals surface area contributed by atoms with Crippen molar-refractivity contribution in [2.75, 3.05) is 37.4 Å². The molecule has 202 valence electrons. The van der Waals surface area contributed by atoms with Crippen LogP contribution in [0.3, 0.4) is 0 Å². The molecule has 1 heterocycles. The first-order valence-corrected chi connectivity index (χ1v) is 13.2. The van der Waals surface area contributed by atoms with Gasteiger partial charge in [-0.05, 0) is 44.2 Å². The summed E-state index contributed by atoms with van der Waals surface area (Å²) in [4.78, 5) is 39.7. The number of aromatic nitrogens is 1. The highest BCUT2D eigenvalue weighted by Crippen LogP contribution is 2.15. The van der Waals surface area contributed by atoms with Crippen molar-refractivity contribution >= 4 is 46.4 Å². The zero-order chi connectivity index (χ0) is 28.2. The van der Waals surface area contributed by atoms with Crippen molar-refractivity contribution in [3.8, 4) is 6.07 Å². The first-order chi connectivity index (χ1) is 18.9. The maximum atomic E-state index is 12.9. The van der Waals surface area contributed by atoms with Crippen LogP contribution in [0.1, 0.15) is 12.5 Å². The number of hydrogen-bond acceptors (Lipinski definition) is 8. The molecule has 3 aromatic rings. The summed E-state index contributed by atoms with van der Waals surface area (Å²) in [7, 11) is 1.90. The topological polar surface area (TPSA) is 116 Å². The third-order valence-corrected chi connectivity index (χ3v) is 6.77. The molecule has 0 aliphatic carbocycles. The summed E-state index contributed by atoms with van der Waals surface area (Å²) in [6.45, 7) is 6.48. The number of nitrogens with zero attached hydrogens (tertiary/aromatic N) is 3. The number of hydrogen-bond donors (Lipinski definition) is 2. The van der Waals surface area contributed by atoms with E-state index in [0.717, 1.165) is 24.3 Å². The van der Waals surface area contributed by atoms with E-state index in [4.69, 9.17) is 4.74 Å². The van der Waals surface area contributed by atoms with E-state index >= 15 is 0 Å². The zero-order valence-corrected chi connectivity index (χ0v) is 22.8. The van der Waals surface area contributed by atoms with Gasteiger partial charge < -0.3 is 15.4 Å². The fraction of sp³-hybridized carbons (Fsp3) is 0.241. The van der Waals surface area contributed by atoms with Gasteiger partial charge in [0.2, 0.25) is 5.91 Å². The molecule has 3 rings (SSSR count). The Balaban J connectivity index is 1.70. The quantitative estimate of drug-likeness (QED) is 0.265. The fourth-order valence-corrected chi connectivity index (χ4v) is 4.78. The number of thiazole rings is 1. The van der Waals surface area contributed by atoms with E-state index < -0.39 is 5.97 Å². The zero-order valence-electron chi connectivity index (χ0n) is 22.0. The van der Waals surface area contributed by atoms with E-state index in [1.165, 1.54) is 22.4 Å².